The molecule has 4 heteroatoms. The molecule has 0 aliphatic carbocycles. The molecular weight excluding hydrogens is 214 g/mol. The first-order valence-electron chi connectivity index (χ1n) is 5.47. The molecule has 4 nitrogen and oxygen atoms in total. The van der Waals surface area contributed by atoms with Gasteiger partial charge in [-0.05, 0) is 11.1 Å². The quantitative estimate of drug-likeness (QED) is 0.857. The van der Waals surface area contributed by atoms with Gasteiger partial charge in [-0.25, -0.2) is 0 Å². The van der Waals surface area contributed by atoms with Gasteiger partial charge in [0.1, 0.15) is 0 Å². The molecule has 2 aromatic rings. The van der Waals surface area contributed by atoms with Gasteiger partial charge in [-0.2, -0.15) is 5.10 Å². The molecule has 1 aromatic carbocycles. The fraction of sp³-hybridized carbons (Fsp3) is 0.231. The van der Waals surface area contributed by atoms with Crippen LogP contribution in [0.4, 0.5) is 0 Å². The number of carbonyl (C=O) groups excluding carboxylic acids is 1. The highest BCUT2D eigenvalue weighted by Gasteiger charge is 2.16. The van der Waals surface area contributed by atoms with Crippen molar-refractivity contribution in [1.82, 2.24) is 9.78 Å². The summed E-state index contributed by atoms with van der Waals surface area (Å²) >= 11 is 0. The van der Waals surface area contributed by atoms with E-state index in [0.717, 1.165) is 11.1 Å². The van der Waals surface area contributed by atoms with Crippen molar-refractivity contribution in [1.29, 1.82) is 0 Å². The van der Waals surface area contributed by atoms with Crippen molar-refractivity contribution in [3.05, 3.63) is 53.9 Å². The number of hydrogen-bond acceptors (Lipinski definition) is 3. The predicted octanol–water partition coefficient (Wildman–Crippen LogP) is 1.23. The van der Waals surface area contributed by atoms with Gasteiger partial charge < -0.3 is 5.73 Å². The molecule has 0 aliphatic heterocycles. The van der Waals surface area contributed by atoms with Gasteiger partial charge in [0.2, 0.25) is 0 Å². The summed E-state index contributed by atoms with van der Waals surface area (Å²) in [7, 11) is 1.82. The van der Waals surface area contributed by atoms with Gasteiger partial charge in [-0.3, -0.25) is 9.48 Å². The van der Waals surface area contributed by atoms with E-state index in [1.165, 1.54) is 0 Å². The molecule has 1 atom stereocenters. The molecule has 17 heavy (non-hydrogen) atoms. The highest BCUT2D eigenvalue weighted by molar-refractivity contribution is 5.86. The van der Waals surface area contributed by atoms with Gasteiger partial charge in [0.25, 0.3) is 0 Å². The van der Waals surface area contributed by atoms with Crippen molar-refractivity contribution in [2.75, 3.05) is 0 Å². The third-order valence-electron chi connectivity index (χ3n) is 2.64. The van der Waals surface area contributed by atoms with Gasteiger partial charge >= 0.3 is 0 Å². The Morgan fingerprint density at radius 1 is 1.41 bits per heavy atom. The number of aromatic nitrogens is 2. The minimum absolute atomic E-state index is 0.00389. The minimum atomic E-state index is -0.559. The molecular formula is C13H15N3O. The largest absolute Gasteiger partial charge is 0.318 e. The lowest BCUT2D eigenvalue weighted by molar-refractivity contribution is -0.119. The van der Waals surface area contributed by atoms with Crippen molar-refractivity contribution in [2.24, 2.45) is 12.8 Å². The minimum Gasteiger partial charge on any atom is -0.318 e. The predicted molar refractivity (Wildman–Crippen MR) is 65.3 cm³/mol. The molecule has 0 aliphatic rings. The Morgan fingerprint density at radius 2 is 2.12 bits per heavy atom. The van der Waals surface area contributed by atoms with Gasteiger partial charge in [0, 0.05) is 19.7 Å². The van der Waals surface area contributed by atoms with Crippen molar-refractivity contribution >= 4 is 5.78 Å². The summed E-state index contributed by atoms with van der Waals surface area (Å²) in [6.07, 6.45) is 3.84. The van der Waals surface area contributed by atoms with Crippen LogP contribution in [-0.4, -0.2) is 15.6 Å². The number of ketones is 1. The van der Waals surface area contributed by atoms with E-state index < -0.39 is 6.04 Å². The molecule has 0 spiro atoms. The van der Waals surface area contributed by atoms with E-state index in [1.54, 1.807) is 10.9 Å². The average molecular weight is 229 g/mol. The number of aryl methyl sites for hydroxylation is 1. The summed E-state index contributed by atoms with van der Waals surface area (Å²) in [5.74, 6) is 0.00389. The van der Waals surface area contributed by atoms with E-state index in [4.69, 9.17) is 5.73 Å². The standard InChI is InChI=1S/C13H15N3O/c1-16-9-10(8-15-16)7-12(17)13(14)11-5-3-2-4-6-11/h2-6,8-9,13H,7,14H2,1H3/t13-/m1/s1. The summed E-state index contributed by atoms with van der Waals surface area (Å²) in [6, 6.07) is 8.84. The SMILES string of the molecule is Cn1cc(CC(=O)[C@H](N)c2ccccc2)cn1. The molecule has 0 amide bonds. The van der Waals surface area contributed by atoms with Crippen LogP contribution in [0.5, 0.6) is 0 Å². The molecule has 0 saturated carbocycles. The second-order valence-corrected chi connectivity index (χ2v) is 4.05. The maximum absolute atomic E-state index is 12.0. The number of benzene rings is 1. The molecule has 2 rings (SSSR count). The Kier molecular flexibility index (Phi) is 3.35. The third kappa shape index (κ3) is 2.79. The zero-order chi connectivity index (χ0) is 12.3. The topological polar surface area (TPSA) is 60.9 Å². The molecule has 1 heterocycles. The smallest absolute Gasteiger partial charge is 0.158 e. The second kappa shape index (κ2) is 4.93. The van der Waals surface area contributed by atoms with Crippen LogP contribution in [-0.2, 0) is 18.3 Å². The van der Waals surface area contributed by atoms with Gasteiger partial charge in [0.05, 0.1) is 12.2 Å². The lowest BCUT2D eigenvalue weighted by atomic mass is 10.00. The zero-order valence-corrected chi connectivity index (χ0v) is 9.71. The highest BCUT2D eigenvalue weighted by Crippen LogP contribution is 2.13. The van der Waals surface area contributed by atoms with Crippen LogP contribution >= 0.6 is 0 Å². The number of carbonyl (C=O) groups is 1. The van der Waals surface area contributed by atoms with Gasteiger partial charge in [0.15, 0.2) is 5.78 Å². The van der Waals surface area contributed by atoms with Crippen LogP contribution in [0, 0.1) is 0 Å². The Hall–Kier alpha value is -1.94. The van der Waals surface area contributed by atoms with Crippen molar-refractivity contribution in [3.63, 3.8) is 0 Å². The van der Waals surface area contributed by atoms with Gasteiger partial charge in [-0.15, -0.1) is 0 Å². The number of hydrogen-bond donors (Lipinski definition) is 1. The Balaban J connectivity index is 2.06. The Labute approximate surface area is 100 Å². The first kappa shape index (κ1) is 11.5. The summed E-state index contributed by atoms with van der Waals surface area (Å²) in [5.41, 5.74) is 7.66. The van der Waals surface area contributed by atoms with Crippen molar-refractivity contribution < 1.29 is 4.79 Å². The van der Waals surface area contributed by atoms with Crippen LogP contribution in [0.1, 0.15) is 17.2 Å². The van der Waals surface area contributed by atoms with Gasteiger partial charge in [-0.1, -0.05) is 30.3 Å². The Bertz CT molecular complexity index is 504. The van der Waals surface area contributed by atoms with Crippen LogP contribution < -0.4 is 5.73 Å². The summed E-state index contributed by atoms with van der Waals surface area (Å²) in [6.45, 7) is 0. The lowest BCUT2D eigenvalue weighted by Crippen LogP contribution is -2.22. The number of rotatable bonds is 4. The van der Waals surface area contributed by atoms with Crippen LogP contribution in [0.3, 0.4) is 0 Å². The van der Waals surface area contributed by atoms with E-state index in [9.17, 15) is 4.79 Å². The van der Waals surface area contributed by atoms with Crippen LogP contribution in [0.15, 0.2) is 42.7 Å². The first-order valence-corrected chi connectivity index (χ1v) is 5.47. The van der Waals surface area contributed by atoms with Crippen LogP contribution in [0.2, 0.25) is 0 Å². The second-order valence-electron chi connectivity index (χ2n) is 4.05. The maximum atomic E-state index is 12.0. The van der Waals surface area contributed by atoms with E-state index in [0.29, 0.717) is 6.42 Å². The summed E-state index contributed by atoms with van der Waals surface area (Å²) in [5, 5.41) is 4.03. The monoisotopic (exact) mass is 229 g/mol. The van der Waals surface area contributed by atoms with E-state index >= 15 is 0 Å². The summed E-state index contributed by atoms with van der Waals surface area (Å²) in [4.78, 5) is 12.0. The zero-order valence-electron chi connectivity index (χ0n) is 9.71. The maximum Gasteiger partial charge on any atom is 0.158 e. The Morgan fingerprint density at radius 3 is 2.71 bits per heavy atom. The fourth-order valence-electron chi connectivity index (χ4n) is 1.72. The fourth-order valence-corrected chi connectivity index (χ4v) is 1.72. The van der Waals surface area contributed by atoms with E-state index in [-0.39, 0.29) is 5.78 Å². The van der Waals surface area contributed by atoms with Crippen LogP contribution in [0.25, 0.3) is 0 Å². The molecule has 0 radical (unpaired) electrons. The molecule has 88 valence electrons. The van der Waals surface area contributed by atoms with Crippen molar-refractivity contribution in [3.8, 4) is 0 Å². The summed E-state index contributed by atoms with van der Waals surface area (Å²) < 4.78 is 1.68. The molecule has 2 N–H and O–H groups in total. The molecule has 0 saturated heterocycles. The molecule has 0 unspecified atom stereocenters. The van der Waals surface area contributed by atoms with E-state index in [2.05, 4.69) is 5.10 Å². The molecule has 1 aromatic heterocycles. The average Bonchev–Trinajstić information content (AvgIpc) is 2.75. The first-order chi connectivity index (χ1) is 8.16. The third-order valence-corrected chi connectivity index (χ3v) is 2.64. The lowest BCUT2D eigenvalue weighted by Gasteiger charge is -2.09. The molecule has 0 fully saturated rings. The highest BCUT2D eigenvalue weighted by atomic mass is 16.1. The number of nitrogens with two attached hydrogens (primary N) is 1. The van der Waals surface area contributed by atoms with Crippen molar-refractivity contribution in [2.45, 2.75) is 12.5 Å². The number of Topliss-reactive ketones (excluding diaryl/α,β-unsaturated/α-hetero) is 1. The normalized spacial score (nSPS) is 12.4. The number of nitrogens with zero attached hydrogens (tertiary/aromatic N) is 2. The van der Waals surface area contributed by atoms with E-state index in [1.807, 2.05) is 43.6 Å². The molecule has 0 bridgehead atoms.